The number of methoxy groups -OCH3 is 1. The second kappa shape index (κ2) is 16.5. The predicted octanol–water partition coefficient (Wildman–Crippen LogP) is -0.384. The van der Waals surface area contributed by atoms with Crippen LogP contribution in [0, 0.1) is 0 Å². The van der Waals surface area contributed by atoms with Crippen LogP contribution in [0.25, 0.3) is 11.0 Å². The number of nitrogens with one attached hydrogen (secondary N) is 6. The summed E-state index contributed by atoms with van der Waals surface area (Å²) in [5.41, 5.74) is -0.268. The van der Waals surface area contributed by atoms with Gasteiger partial charge in [0.1, 0.15) is 23.8 Å². The standard InChI is InChI=1S/C26H39N9O8/c1-26(2,3)43-25(41)28-10-7-6-8-17(23(39)42-5)34-20(38)14-30-18(36)12-29-19(37)13-31-24(40)35-11-9-16-21(27-4)32-15-33-22(16)35/h9,11,15,17H,6-8,10,12-14H2,1-5H3,(H,28,41)(H,29,37)(H,30,36)(H,31,40)(H,34,38)(H,27,32,33)/t17-/m1/s1. The fraction of sp³-hybridized carbons (Fsp3) is 0.538. The Morgan fingerprint density at radius 1 is 0.907 bits per heavy atom. The number of aromatic nitrogens is 3. The molecular weight excluding hydrogens is 566 g/mol. The lowest BCUT2D eigenvalue weighted by Crippen LogP contribution is -2.48. The van der Waals surface area contributed by atoms with E-state index < -0.39 is 67.1 Å². The number of nitrogens with zero attached hydrogens (tertiary/aromatic N) is 3. The van der Waals surface area contributed by atoms with Gasteiger partial charge in [0.05, 0.1) is 32.1 Å². The van der Waals surface area contributed by atoms with E-state index in [0.29, 0.717) is 36.2 Å². The quantitative estimate of drug-likeness (QED) is 0.120. The maximum atomic E-state index is 12.5. The van der Waals surface area contributed by atoms with Crippen molar-refractivity contribution in [2.75, 3.05) is 45.7 Å². The number of ether oxygens (including phenoxy) is 2. The van der Waals surface area contributed by atoms with E-state index in [9.17, 15) is 28.8 Å². The van der Waals surface area contributed by atoms with Crippen molar-refractivity contribution in [2.45, 2.75) is 51.7 Å². The summed E-state index contributed by atoms with van der Waals surface area (Å²) in [5.74, 6) is -2.05. The minimum Gasteiger partial charge on any atom is -0.467 e. The first-order valence-corrected chi connectivity index (χ1v) is 13.5. The van der Waals surface area contributed by atoms with E-state index in [1.165, 1.54) is 24.2 Å². The van der Waals surface area contributed by atoms with Gasteiger partial charge in [-0.2, -0.15) is 0 Å². The number of rotatable bonds is 14. The summed E-state index contributed by atoms with van der Waals surface area (Å²) in [7, 11) is 2.87. The Morgan fingerprint density at radius 2 is 1.56 bits per heavy atom. The maximum absolute atomic E-state index is 12.5. The van der Waals surface area contributed by atoms with Gasteiger partial charge in [0, 0.05) is 19.8 Å². The molecule has 0 aromatic carbocycles. The van der Waals surface area contributed by atoms with Gasteiger partial charge in [-0.1, -0.05) is 0 Å². The zero-order valence-electron chi connectivity index (χ0n) is 24.9. The largest absolute Gasteiger partial charge is 0.467 e. The van der Waals surface area contributed by atoms with Crippen LogP contribution in [0.2, 0.25) is 0 Å². The number of amides is 5. The third kappa shape index (κ3) is 11.8. The molecule has 0 aliphatic rings. The molecule has 0 bridgehead atoms. The van der Waals surface area contributed by atoms with Crippen molar-refractivity contribution in [1.82, 2.24) is 41.1 Å². The molecule has 0 saturated heterocycles. The monoisotopic (exact) mass is 605 g/mol. The van der Waals surface area contributed by atoms with Crippen molar-refractivity contribution >= 4 is 52.7 Å². The molecule has 0 aliphatic carbocycles. The van der Waals surface area contributed by atoms with E-state index in [-0.39, 0.29) is 6.42 Å². The average Bonchev–Trinajstić information content (AvgIpc) is 3.40. The molecule has 2 rings (SSSR count). The van der Waals surface area contributed by atoms with E-state index in [2.05, 4.69) is 41.9 Å². The molecule has 17 heteroatoms. The molecule has 5 amide bonds. The van der Waals surface area contributed by atoms with E-state index in [0.717, 1.165) is 0 Å². The van der Waals surface area contributed by atoms with Crippen molar-refractivity contribution < 1.29 is 38.2 Å². The lowest BCUT2D eigenvalue weighted by molar-refractivity contribution is -0.145. The van der Waals surface area contributed by atoms with E-state index >= 15 is 0 Å². The normalized spacial score (nSPS) is 11.6. The number of carbonyl (C=O) groups excluding carboxylic acids is 6. The Bertz CT molecular complexity index is 1310. The van der Waals surface area contributed by atoms with Crippen LogP contribution >= 0.6 is 0 Å². The Labute approximate surface area is 248 Å². The summed E-state index contributed by atoms with van der Waals surface area (Å²) in [4.78, 5) is 80.9. The van der Waals surface area contributed by atoms with Gasteiger partial charge in [-0.25, -0.2) is 24.4 Å². The third-order valence-electron chi connectivity index (χ3n) is 5.64. The number of esters is 1. The number of carbonyl (C=O) groups is 6. The first-order chi connectivity index (χ1) is 20.3. The Hall–Kier alpha value is -4.96. The summed E-state index contributed by atoms with van der Waals surface area (Å²) < 4.78 is 11.1. The molecule has 0 unspecified atom stereocenters. The van der Waals surface area contributed by atoms with Gasteiger partial charge in [-0.15, -0.1) is 0 Å². The van der Waals surface area contributed by atoms with E-state index in [4.69, 9.17) is 9.47 Å². The van der Waals surface area contributed by atoms with Crippen molar-refractivity contribution in [2.24, 2.45) is 0 Å². The van der Waals surface area contributed by atoms with Crippen molar-refractivity contribution in [3.05, 3.63) is 18.6 Å². The number of fused-ring (bicyclic) bond motifs is 1. The fourth-order valence-electron chi connectivity index (χ4n) is 3.65. The average molecular weight is 606 g/mol. The van der Waals surface area contributed by atoms with Gasteiger partial charge >= 0.3 is 18.1 Å². The topological polar surface area (TPSA) is 224 Å². The van der Waals surface area contributed by atoms with Gasteiger partial charge in [0.2, 0.25) is 17.7 Å². The lowest BCUT2D eigenvalue weighted by Gasteiger charge is -2.20. The summed E-state index contributed by atoms with van der Waals surface area (Å²) in [6, 6.07) is 0.0980. The van der Waals surface area contributed by atoms with Crippen LogP contribution in [0.15, 0.2) is 18.6 Å². The van der Waals surface area contributed by atoms with Gasteiger partial charge in [0.25, 0.3) is 0 Å². The molecule has 43 heavy (non-hydrogen) atoms. The molecule has 0 fully saturated rings. The smallest absolute Gasteiger partial charge is 0.407 e. The summed E-state index contributed by atoms with van der Waals surface area (Å²) in [6.45, 7) is 4.26. The molecule has 0 saturated carbocycles. The van der Waals surface area contributed by atoms with Crippen LogP contribution in [0.1, 0.15) is 40.0 Å². The highest BCUT2D eigenvalue weighted by Crippen LogP contribution is 2.19. The highest BCUT2D eigenvalue weighted by atomic mass is 16.6. The van der Waals surface area contributed by atoms with Crippen molar-refractivity contribution in [1.29, 1.82) is 0 Å². The molecule has 0 radical (unpaired) electrons. The summed E-state index contributed by atoms with van der Waals surface area (Å²) in [5, 5.41) is 15.7. The molecule has 2 aromatic heterocycles. The second-order valence-electron chi connectivity index (χ2n) is 10.2. The zero-order valence-corrected chi connectivity index (χ0v) is 24.9. The van der Waals surface area contributed by atoms with Crippen LogP contribution in [0.3, 0.4) is 0 Å². The molecule has 0 aliphatic heterocycles. The lowest BCUT2D eigenvalue weighted by atomic mass is 10.1. The summed E-state index contributed by atoms with van der Waals surface area (Å²) in [6.07, 6.45) is 3.48. The molecule has 2 aromatic rings. The first kappa shape index (κ1) is 34.2. The predicted molar refractivity (Wildman–Crippen MR) is 154 cm³/mol. The molecule has 1 atom stereocenters. The highest BCUT2D eigenvalue weighted by Gasteiger charge is 2.22. The summed E-state index contributed by atoms with van der Waals surface area (Å²) >= 11 is 0. The number of anilines is 1. The molecule has 236 valence electrons. The molecule has 0 spiro atoms. The highest BCUT2D eigenvalue weighted by molar-refractivity contribution is 5.96. The van der Waals surface area contributed by atoms with Crippen molar-refractivity contribution in [3.8, 4) is 0 Å². The Kier molecular flexibility index (Phi) is 13.1. The first-order valence-electron chi connectivity index (χ1n) is 13.5. The minimum atomic E-state index is -0.951. The molecule has 17 nitrogen and oxygen atoms in total. The number of alkyl carbamates (subject to hydrolysis) is 1. The fourth-order valence-corrected chi connectivity index (χ4v) is 3.65. The van der Waals surface area contributed by atoms with Crippen molar-refractivity contribution in [3.63, 3.8) is 0 Å². The van der Waals surface area contributed by atoms with Crippen LogP contribution in [-0.4, -0.2) is 102 Å². The molecular formula is C26H39N9O8. The molecule has 2 heterocycles. The van der Waals surface area contributed by atoms with Gasteiger partial charge in [0.15, 0.2) is 5.65 Å². The zero-order chi connectivity index (χ0) is 32.0. The van der Waals surface area contributed by atoms with Crippen LogP contribution in [-0.2, 0) is 28.7 Å². The SMILES string of the molecule is CNc1ncnc2c1ccn2C(=O)NCC(=O)NCC(=O)NCC(=O)N[C@H](CCCCNC(=O)OC(C)(C)C)C(=O)OC. The van der Waals surface area contributed by atoms with Crippen LogP contribution in [0.4, 0.5) is 15.4 Å². The maximum Gasteiger partial charge on any atom is 0.407 e. The van der Waals surface area contributed by atoms with Gasteiger partial charge < -0.3 is 41.4 Å². The Balaban J connectivity index is 1.68. The van der Waals surface area contributed by atoms with Gasteiger partial charge in [-0.05, 0) is 46.1 Å². The second-order valence-corrected chi connectivity index (χ2v) is 10.2. The number of hydrogen-bond acceptors (Lipinski definition) is 11. The van der Waals surface area contributed by atoms with E-state index in [1.54, 1.807) is 33.9 Å². The van der Waals surface area contributed by atoms with Crippen LogP contribution < -0.4 is 31.9 Å². The van der Waals surface area contributed by atoms with Gasteiger partial charge in [-0.3, -0.25) is 19.0 Å². The Morgan fingerprint density at radius 3 is 2.19 bits per heavy atom. The molecule has 6 N–H and O–H groups in total. The third-order valence-corrected chi connectivity index (χ3v) is 5.64. The number of hydrogen-bond donors (Lipinski definition) is 6. The number of unbranched alkanes of at least 4 members (excludes halogenated alkanes) is 1. The minimum absolute atomic E-state index is 0.243. The van der Waals surface area contributed by atoms with Crippen LogP contribution in [0.5, 0.6) is 0 Å². The van der Waals surface area contributed by atoms with E-state index in [1.807, 2.05) is 0 Å².